The summed E-state index contributed by atoms with van der Waals surface area (Å²) in [5.74, 6) is 1.04. The minimum atomic E-state index is -0.442. The Morgan fingerprint density at radius 3 is 2.33 bits per heavy atom. The maximum Gasteiger partial charge on any atom is 0.160 e. The molecular formula is C21H26O6. The molecular weight excluding hydrogens is 348 g/mol. The summed E-state index contributed by atoms with van der Waals surface area (Å²) in [5, 5.41) is 29.8. The molecule has 0 bridgehead atoms. The molecule has 2 aromatic carbocycles. The molecule has 1 aliphatic heterocycles. The van der Waals surface area contributed by atoms with E-state index in [1.54, 1.807) is 24.3 Å². The van der Waals surface area contributed by atoms with Crippen molar-refractivity contribution in [1.82, 2.24) is 0 Å². The number of phenols is 2. The van der Waals surface area contributed by atoms with Crippen molar-refractivity contribution < 1.29 is 29.5 Å². The monoisotopic (exact) mass is 374 g/mol. The van der Waals surface area contributed by atoms with E-state index in [0.29, 0.717) is 24.3 Å². The van der Waals surface area contributed by atoms with E-state index in [2.05, 4.69) is 0 Å². The smallest absolute Gasteiger partial charge is 0.160 e. The van der Waals surface area contributed by atoms with Crippen LogP contribution in [0.25, 0.3) is 0 Å². The molecule has 0 saturated carbocycles. The number of ether oxygens (including phenoxy) is 3. The summed E-state index contributed by atoms with van der Waals surface area (Å²) < 4.78 is 16.5. The predicted octanol–water partition coefficient (Wildman–Crippen LogP) is 3.33. The average Bonchev–Trinajstić information content (AvgIpc) is 2.67. The Kier molecular flexibility index (Phi) is 6.08. The van der Waals surface area contributed by atoms with Gasteiger partial charge in [0.05, 0.1) is 32.5 Å². The molecule has 146 valence electrons. The van der Waals surface area contributed by atoms with Gasteiger partial charge in [-0.25, -0.2) is 0 Å². The van der Waals surface area contributed by atoms with E-state index in [9.17, 15) is 15.3 Å². The lowest BCUT2D eigenvalue weighted by Crippen LogP contribution is -2.31. The zero-order valence-corrected chi connectivity index (χ0v) is 15.6. The molecule has 0 amide bonds. The molecule has 6 nitrogen and oxygen atoms in total. The van der Waals surface area contributed by atoms with Crippen LogP contribution < -0.4 is 9.47 Å². The van der Waals surface area contributed by atoms with Gasteiger partial charge in [-0.3, -0.25) is 0 Å². The SMILES string of the molecule is COc1cc(CC[C@H]2C[C@@H](O)C[C@@H](c3ccc(O)c(OC)c3)O2)ccc1O. The topological polar surface area (TPSA) is 88.4 Å². The van der Waals surface area contributed by atoms with E-state index in [1.165, 1.54) is 14.2 Å². The molecule has 3 atom stereocenters. The molecule has 6 heteroatoms. The molecule has 0 aliphatic carbocycles. The maximum atomic E-state index is 10.3. The lowest BCUT2D eigenvalue weighted by molar-refractivity contribution is -0.0998. The highest BCUT2D eigenvalue weighted by molar-refractivity contribution is 5.43. The predicted molar refractivity (Wildman–Crippen MR) is 100 cm³/mol. The Labute approximate surface area is 158 Å². The van der Waals surface area contributed by atoms with Gasteiger partial charge < -0.3 is 29.5 Å². The molecule has 0 spiro atoms. The maximum absolute atomic E-state index is 10.3. The molecule has 1 fully saturated rings. The minimum Gasteiger partial charge on any atom is -0.504 e. The van der Waals surface area contributed by atoms with Crippen molar-refractivity contribution in [1.29, 1.82) is 0 Å². The number of hydrogen-bond donors (Lipinski definition) is 3. The number of rotatable bonds is 6. The van der Waals surface area contributed by atoms with Crippen molar-refractivity contribution in [2.24, 2.45) is 0 Å². The summed E-state index contributed by atoms with van der Waals surface area (Å²) >= 11 is 0. The van der Waals surface area contributed by atoms with Gasteiger partial charge in [-0.15, -0.1) is 0 Å². The Balaban J connectivity index is 1.66. The third kappa shape index (κ3) is 4.64. The summed E-state index contributed by atoms with van der Waals surface area (Å²) in [6, 6.07) is 10.4. The van der Waals surface area contributed by atoms with E-state index >= 15 is 0 Å². The van der Waals surface area contributed by atoms with E-state index in [4.69, 9.17) is 14.2 Å². The second kappa shape index (κ2) is 8.50. The summed E-state index contributed by atoms with van der Waals surface area (Å²) in [4.78, 5) is 0. The Morgan fingerprint density at radius 2 is 1.63 bits per heavy atom. The van der Waals surface area contributed by atoms with Crippen LogP contribution in [0.2, 0.25) is 0 Å². The fraction of sp³-hybridized carbons (Fsp3) is 0.429. The standard InChI is InChI=1S/C21H26O6/c1-25-20-9-13(4-7-17(20)23)3-6-16-11-15(22)12-19(27-16)14-5-8-18(24)21(10-14)26-2/h4-5,7-10,15-16,19,22-24H,3,6,11-12H2,1-2H3/t15-,16+,19+/m1/s1. The fourth-order valence-electron chi connectivity index (χ4n) is 3.49. The first kappa shape index (κ1) is 19.3. The second-order valence-corrected chi connectivity index (χ2v) is 6.85. The van der Waals surface area contributed by atoms with Gasteiger partial charge in [-0.2, -0.15) is 0 Å². The first-order chi connectivity index (χ1) is 13.0. The van der Waals surface area contributed by atoms with Crippen molar-refractivity contribution in [3.05, 3.63) is 47.5 Å². The molecule has 27 heavy (non-hydrogen) atoms. The molecule has 0 unspecified atom stereocenters. The number of aliphatic hydroxyl groups is 1. The van der Waals surface area contributed by atoms with Crippen molar-refractivity contribution in [3.63, 3.8) is 0 Å². The van der Waals surface area contributed by atoms with E-state index in [0.717, 1.165) is 24.0 Å². The van der Waals surface area contributed by atoms with Gasteiger partial charge in [0.2, 0.25) is 0 Å². The van der Waals surface area contributed by atoms with Crippen LogP contribution in [0.3, 0.4) is 0 Å². The number of aromatic hydroxyl groups is 2. The molecule has 0 radical (unpaired) electrons. The van der Waals surface area contributed by atoms with E-state index < -0.39 is 6.10 Å². The van der Waals surface area contributed by atoms with Gasteiger partial charge in [-0.05, 0) is 54.7 Å². The highest BCUT2D eigenvalue weighted by Crippen LogP contribution is 2.37. The van der Waals surface area contributed by atoms with Gasteiger partial charge in [-0.1, -0.05) is 12.1 Å². The van der Waals surface area contributed by atoms with Crippen LogP contribution in [0.5, 0.6) is 23.0 Å². The van der Waals surface area contributed by atoms with Crippen molar-refractivity contribution in [2.45, 2.75) is 44.0 Å². The van der Waals surface area contributed by atoms with Crippen LogP contribution in [0.15, 0.2) is 36.4 Å². The zero-order valence-electron chi connectivity index (χ0n) is 15.6. The fourth-order valence-corrected chi connectivity index (χ4v) is 3.49. The third-order valence-electron chi connectivity index (χ3n) is 4.95. The quantitative estimate of drug-likeness (QED) is 0.719. The van der Waals surface area contributed by atoms with Crippen LogP contribution in [0, 0.1) is 0 Å². The largest absolute Gasteiger partial charge is 0.504 e. The summed E-state index contributed by atoms with van der Waals surface area (Å²) in [6.45, 7) is 0. The van der Waals surface area contributed by atoms with Crippen molar-refractivity contribution in [3.8, 4) is 23.0 Å². The first-order valence-electron chi connectivity index (χ1n) is 9.06. The van der Waals surface area contributed by atoms with Crippen molar-refractivity contribution >= 4 is 0 Å². The Hall–Kier alpha value is -2.44. The molecule has 1 aliphatic rings. The number of benzene rings is 2. The van der Waals surface area contributed by atoms with Gasteiger partial charge in [0.25, 0.3) is 0 Å². The van der Waals surface area contributed by atoms with Crippen LogP contribution in [-0.2, 0) is 11.2 Å². The molecule has 0 aromatic heterocycles. The molecule has 2 aromatic rings. The van der Waals surface area contributed by atoms with Crippen LogP contribution in [0.4, 0.5) is 0 Å². The van der Waals surface area contributed by atoms with Crippen LogP contribution in [-0.4, -0.2) is 41.7 Å². The number of methoxy groups -OCH3 is 2. The highest BCUT2D eigenvalue weighted by atomic mass is 16.5. The molecule has 3 rings (SSSR count). The van der Waals surface area contributed by atoms with Gasteiger partial charge in [0.15, 0.2) is 23.0 Å². The van der Waals surface area contributed by atoms with Crippen LogP contribution >= 0.6 is 0 Å². The number of hydrogen-bond acceptors (Lipinski definition) is 6. The minimum absolute atomic E-state index is 0.0791. The van der Waals surface area contributed by atoms with Gasteiger partial charge in [0, 0.05) is 6.42 Å². The number of phenolic OH excluding ortho intramolecular Hbond substituents is 2. The molecule has 1 saturated heterocycles. The molecule has 1 heterocycles. The second-order valence-electron chi connectivity index (χ2n) is 6.85. The average molecular weight is 374 g/mol. The summed E-state index contributed by atoms with van der Waals surface area (Å²) in [6.07, 6.45) is 1.82. The first-order valence-corrected chi connectivity index (χ1v) is 9.06. The van der Waals surface area contributed by atoms with E-state index in [-0.39, 0.29) is 23.7 Å². The highest BCUT2D eigenvalue weighted by Gasteiger charge is 2.29. The Morgan fingerprint density at radius 1 is 0.963 bits per heavy atom. The van der Waals surface area contributed by atoms with Crippen LogP contribution in [0.1, 0.15) is 36.5 Å². The van der Waals surface area contributed by atoms with Gasteiger partial charge in [0.1, 0.15) is 0 Å². The molecule has 3 N–H and O–H groups in total. The summed E-state index contributed by atoms with van der Waals surface area (Å²) in [5.41, 5.74) is 1.91. The zero-order chi connectivity index (χ0) is 19.4. The number of aliphatic hydroxyl groups excluding tert-OH is 1. The lowest BCUT2D eigenvalue weighted by Gasteiger charge is -2.33. The third-order valence-corrected chi connectivity index (χ3v) is 4.95. The van der Waals surface area contributed by atoms with E-state index in [1.807, 2.05) is 12.1 Å². The van der Waals surface area contributed by atoms with Crippen molar-refractivity contribution in [2.75, 3.05) is 14.2 Å². The lowest BCUT2D eigenvalue weighted by atomic mass is 9.93. The summed E-state index contributed by atoms with van der Waals surface area (Å²) in [7, 11) is 3.03. The van der Waals surface area contributed by atoms with Gasteiger partial charge >= 0.3 is 0 Å². The Bertz CT molecular complexity index is 775. The normalized spacial score (nSPS) is 22.4. The number of aryl methyl sites for hydroxylation is 1.